The van der Waals surface area contributed by atoms with Crippen LogP contribution in [0.25, 0.3) is 11.4 Å². The first-order valence-corrected chi connectivity index (χ1v) is 8.94. The van der Waals surface area contributed by atoms with Gasteiger partial charge < -0.3 is 0 Å². The maximum absolute atomic E-state index is 5.97. The van der Waals surface area contributed by atoms with E-state index in [2.05, 4.69) is 41.1 Å². The molecule has 1 aliphatic heterocycles. The third-order valence-corrected chi connectivity index (χ3v) is 4.87. The number of fused-ring (bicyclic) bond motifs is 1. The van der Waals surface area contributed by atoms with Crippen LogP contribution in [0.2, 0.25) is 5.02 Å². The lowest BCUT2D eigenvalue weighted by Crippen LogP contribution is -2.31. The minimum absolute atomic E-state index is 0.728. The predicted molar refractivity (Wildman–Crippen MR) is 101 cm³/mol. The highest BCUT2D eigenvalue weighted by atomic mass is 35.5. The van der Waals surface area contributed by atoms with E-state index in [0.717, 1.165) is 48.2 Å². The molecule has 0 bridgehead atoms. The highest BCUT2D eigenvalue weighted by molar-refractivity contribution is 6.30. The average molecular weight is 350 g/mol. The van der Waals surface area contributed by atoms with Gasteiger partial charge in [-0.15, -0.1) is 0 Å². The number of benzene rings is 2. The van der Waals surface area contributed by atoms with Crippen LogP contribution in [-0.4, -0.2) is 21.4 Å². The second kappa shape index (κ2) is 6.95. The van der Waals surface area contributed by atoms with Crippen molar-refractivity contribution in [3.63, 3.8) is 0 Å². The Hall–Kier alpha value is -2.23. The van der Waals surface area contributed by atoms with E-state index in [1.165, 1.54) is 16.7 Å². The van der Waals surface area contributed by atoms with Gasteiger partial charge >= 0.3 is 0 Å². The summed E-state index contributed by atoms with van der Waals surface area (Å²) in [6, 6.07) is 16.4. The van der Waals surface area contributed by atoms with Gasteiger partial charge in [0, 0.05) is 36.4 Å². The molecule has 0 saturated carbocycles. The molecule has 0 atom stereocenters. The summed E-state index contributed by atoms with van der Waals surface area (Å²) in [5, 5.41) is 0.728. The predicted octanol–water partition coefficient (Wildman–Crippen LogP) is 4.66. The van der Waals surface area contributed by atoms with Gasteiger partial charge in [-0.05, 0) is 48.7 Å². The molecule has 0 spiro atoms. The first-order chi connectivity index (χ1) is 12.2. The van der Waals surface area contributed by atoms with E-state index in [0.29, 0.717) is 0 Å². The van der Waals surface area contributed by atoms with Crippen molar-refractivity contribution in [3.05, 3.63) is 82.1 Å². The molecule has 3 aromatic rings. The molecule has 3 nitrogen and oxygen atoms in total. The highest BCUT2D eigenvalue weighted by Crippen LogP contribution is 2.23. The molecular weight excluding hydrogens is 330 g/mol. The zero-order valence-electron chi connectivity index (χ0n) is 14.2. The Balaban J connectivity index is 1.55. The molecule has 0 fully saturated rings. The van der Waals surface area contributed by atoms with Gasteiger partial charge in [0.25, 0.3) is 0 Å². The van der Waals surface area contributed by atoms with Crippen molar-refractivity contribution < 1.29 is 0 Å². The summed E-state index contributed by atoms with van der Waals surface area (Å²) in [6.07, 6.45) is 2.98. The zero-order valence-corrected chi connectivity index (χ0v) is 15.0. The van der Waals surface area contributed by atoms with Crippen LogP contribution in [-0.2, 0) is 19.5 Å². The fourth-order valence-electron chi connectivity index (χ4n) is 3.30. The molecule has 126 valence electrons. The summed E-state index contributed by atoms with van der Waals surface area (Å²) >= 11 is 5.97. The maximum atomic E-state index is 5.97. The standard InChI is InChI=1S/C21H20ClN3/c1-15-3-2-4-16(11-15)13-25-10-9-18-12-23-21(24-20(18)14-25)17-5-7-19(22)8-6-17/h2-8,11-12H,9-10,13-14H2,1H3. The summed E-state index contributed by atoms with van der Waals surface area (Å²) in [4.78, 5) is 11.8. The zero-order chi connectivity index (χ0) is 17.2. The molecule has 4 heteroatoms. The fraction of sp³-hybridized carbons (Fsp3) is 0.238. The van der Waals surface area contributed by atoms with Gasteiger partial charge in [0.05, 0.1) is 5.69 Å². The molecule has 2 aromatic carbocycles. The molecular formula is C21H20ClN3. The van der Waals surface area contributed by atoms with Crippen molar-refractivity contribution in [2.45, 2.75) is 26.4 Å². The fourth-order valence-corrected chi connectivity index (χ4v) is 3.42. The van der Waals surface area contributed by atoms with Crippen LogP contribution < -0.4 is 0 Å². The molecule has 0 saturated heterocycles. The lowest BCUT2D eigenvalue weighted by Gasteiger charge is -2.28. The van der Waals surface area contributed by atoms with Gasteiger partial charge in [-0.25, -0.2) is 9.97 Å². The summed E-state index contributed by atoms with van der Waals surface area (Å²) in [5.41, 5.74) is 6.07. The number of nitrogens with zero attached hydrogens (tertiary/aromatic N) is 3. The second-order valence-corrected chi connectivity index (χ2v) is 7.06. The molecule has 25 heavy (non-hydrogen) atoms. The quantitative estimate of drug-likeness (QED) is 0.688. The maximum Gasteiger partial charge on any atom is 0.159 e. The number of aryl methyl sites for hydroxylation is 1. The molecule has 0 aliphatic carbocycles. The van der Waals surface area contributed by atoms with Gasteiger partial charge in [0.15, 0.2) is 5.82 Å². The van der Waals surface area contributed by atoms with E-state index in [1.54, 1.807) is 0 Å². The van der Waals surface area contributed by atoms with Crippen LogP contribution in [0.15, 0.2) is 54.7 Å². The van der Waals surface area contributed by atoms with Crippen molar-refractivity contribution in [2.24, 2.45) is 0 Å². The molecule has 4 rings (SSSR count). The summed E-state index contributed by atoms with van der Waals surface area (Å²) < 4.78 is 0. The van der Waals surface area contributed by atoms with Gasteiger partial charge in [-0.1, -0.05) is 41.4 Å². The van der Waals surface area contributed by atoms with E-state index < -0.39 is 0 Å². The Bertz CT molecular complexity index is 890. The molecule has 2 heterocycles. The van der Waals surface area contributed by atoms with Crippen LogP contribution in [0, 0.1) is 6.92 Å². The average Bonchev–Trinajstić information content (AvgIpc) is 2.62. The number of hydrogen-bond donors (Lipinski definition) is 0. The lowest BCUT2D eigenvalue weighted by atomic mass is 10.0. The van der Waals surface area contributed by atoms with E-state index in [1.807, 2.05) is 30.5 Å². The number of rotatable bonds is 3. The highest BCUT2D eigenvalue weighted by Gasteiger charge is 2.19. The van der Waals surface area contributed by atoms with E-state index in [4.69, 9.17) is 16.6 Å². The molecule has 0 N–H and O–H groups in total. The van der Waals surface area contributed by atoms with Crippen LogP contribution in [0.5, 0.6) is 0 Å². The summed E-state index contributed by atoms with van der Waals surface area (Å²) in [5.74, 6) is 0.771. The Kier molecular flexibility index (Phi) is 4.51. The van der Waals surface area contributed by atoms with E-state index in [-0.39, 0.29) is 0 Å². The summed E-state index contributed by atoms with van der Waals surface area (Å²) in [6.45, 7) is 5.01. The first kappa shape index (κ1) is 16.2. The largest absolute Gasteiger partial charge is 0.293 e. The van der Waals surface area contributed by atoms with Gasteiger partial charge in [-0.2, -0.15) is 0 Å². The molecule has 0 unspecified atom stereocenters. The van der Waals surface area contributed by atoms with Gasteiger partial charge in [0.1, 0.15) is 0 Å². The van der Waals surface area contributed by atoms with Gasteiger partial charge in [0.2, 0.25) is 0 Å². The van der Waals surface area contributed by atoms with E-state index in [9.17, 15) is 0 Å². The smallest absolute Gasteiger partial charge is 0.159 e. The van der Waals surface area contributed by atoms with Crippen molar-refractivity contribution in [1.82, 2.24) is 14.9 Å². The Morgan fingerprint density at radius 1 is 1.12 bits per heavy atom. The SMILES string of the molecule is Cc1cccc(CN2CCc3cnc(-c4ccc(Cl)cc4)nc3C2)c1. The third-order valence-electron chi connectivity index (χ3n) is 4.62. The monoisotopic (exact) mass is 349 g/mol. The Labute approximate surface area is 153 Å². The van der Waals surface area contributed by atoms with E-state index >= 15 is 0 Å². The second-order valence-electron chi connectivity index (χ2n) is 6.62. The molecule has 0 radical (unpaired) electrons. The van der Waals surface area contributed by atoms with Crippen LogP contribution >= 0.6 is 11.6 Å². The van der Waals surface area contributed by atoms with Crippen molar-refractivity contribution in [2.75, 3.05) is 6.54 Å². The number of halogens is 1. The normalized spacial score (nSPS) is 14.3. The number of aromatic nitrogens is 2. The lowest BCUT2D eigenvalue weighted by molar-refractivity contribution is 0.241. The number of hydrogen-bond acceptors (Lipinski definition) is 3. The van der Waals surface area contributed by atoms with Crippen LogP contribution in [0.1, 0.15) is 22.4 Å². The van der Waals surface area contributed by atoms with Crippen molar-refractivity contribution >= 4 is 11.6 Å². The van der Waals surface area contributed by atoms with Crippen LogP contribution in [0.3, 0.4) is 0 Å². The minimum Gasteiger partial charge on any atom is -0.293 e. The topological polar surface area (TPSA) is 29.0 Å². The van der Waals surface area contributed by atoms with Gasteiger partial charge in [-0.3, -0.25) is 4.90 Å². The van der Waals surface area contributed by atoms with Crippen molar-refractivity contribution in [1.29, 1.82) is 0 Å². The minimum atomic E-state index is 0.728. The van der Waals surface area contributed by atoms with Crippen molar-refractivity contribution in [3.8, 4) is 11.4 Å². The first-order valence-electron chi connectivity index (χ1n) is 8.56. The summed E-state index contributed by atoms with van der Waals surface area (Å²) in [7, 11) is 0. The Morgan fingerprint density at radius 3 is 2.76 bits per heavy atom. The third kappa shape index (κ3) is 3.73. The Morgan fingerprint density at radius 2 is 1.96 bits per heavy atom. The van der Waals surface area contributed by atoms with Crippen LogP contribution in [0.4, 0.5) is 0 Å². The molecule has 0 amide bonds. The molecule has 1 aliphatic rings. The molecule has 1 aromatic heterocycles.